The van der Waals surface area contributed by atoms with Gasteiger partial charge in [-0.3, -0.25) is 4.79 Å². The molecule has 21 heavy (non-hydrogen) atoms. The lowest BCUT2D eigenvalue weighted by Gasteiger charge is -2.10. The zero-order chi connectivity index (χ0) is 15.2. The molecule has 0 aliphatic carbocycles. The molecule has 1 amide bonds. The van der Waals surface area contributed by atoms with Crippen LogP contribution in [-0.2, 0) is 4.79 Å². The molecule has 0 aliphatic heterocycles. The van der Waals surface area contributed by atoms with E-state index in [1.165, 1.54) is 23.5 Å². The summed E-state index contributed by atoms with van der Waals surface area (Å²) in [5, 5.41) is 4.86. The third-order valence-electron chi connectivity index (χ3n) is 2.88. The third-order valence-corrected chi connectivity index (χ3v) is 3.79. The molecule has 110 valence electrons. The van der Waals surface area contributed by atoms with Gasteiger partial charge in [0.1, 0.15) is 5.82 Å². The molecule has 4 heteroatoms. The van der Waals surface area contributed by atoms with Crippen LogP contribution in [-0.4, -0.2) is 12.5 Å². The highest BCUT2D eigenvalue weighted by Crippen LogP contribution is 2.23. The summed E-state index contributed by atoms with van der Waals surface area (Å²) in [5.74, 6) is 0.00825. The average Bonchev–Trinajstić information content (AvgIpc) is 2.98. The van der Waals surface area contributed by atoms with E-state index in [9.17, 15) is 9.18 Å². The lowest BCUT2D eigenvalue weighted by Crippen LogP contribution is -2.27. The van der Waals surface area contributed by atoms with Gasteiger partial charge in [0.15, 0.2) is 0 Å². The maximum absolute atomic E-state index is 13.0. The van der Waals surface area contributed by atoms with E-state index in [0.29, 0.717) is 18.0 Å². The lowest BCUT2D eigenvalue weighted by atomic mass is 10.1. The monoisotopic (exact) mass is 303 g/mol. The Labute approximate surface area is 128 Å². The van der Waals surface area contributed by atoms with Crippen molar-refractivity contribution >= 4 is 28.9 Å². The Morgan fingerprint density at radius 2 is 2.00 bits per heavy atom. The van der Waals surface area contributed by atoms with Crippen molar-refractivity contribution in [3.63, 3.8) is 0 Å². The van der Waals surface area contributed by atoms with Crippen molar-refractivity contribution in [3.8, 4) is 0 Å². The highest BCUT2D eigenvalue weighted by atomic mass is 32.1. The van der Waals surface area contributed by atoms with Crippen LogP contribution in [0.5, 0.6) is 0 Å². The molecule has 0 unspecified atom stereocenters. The van der Waals surface area contributed by atoms with Crippen LogP contribution in [0.25, 0.3) is 11.6 Å². The van der Waals surface area contributed by atoms with Gasteiger partial charge < -0.3 is 5.32 Å². The van der Waals surface area contributed by atoms with Crippen molar-refractivity contribution in [1.29, 1.82) is 0 Å². The van der Waals surface area contributed by atoms with Gasteiger partial charge in [0, 0.05) is 11.4 Å². The fourth-order valence-electron chi connectivity index (χ4n) is 1.80. The smallest absolute Gasteiger partial charge is 0.252 e. The minimum Gasteiger partial charge on any atom is -0.352 e. The largest absolute Gasteiger partial charge is 0.352 e. The van der Waals surface area contributed by atoms with Crippen molar-refractivity contribution in [3.05, 3.63) is 58.0 Å². The summed E-state index contributed by atoms with van der Waals surface area (Å²) in [6.07, 6.45) is 1.79. The second-order valence-corrected chi connectivity index (χ2v) is 6.14. The zero-order valence-electron chi connectivity index (χ0n) is 12.1. The predicted octanol–water partition coefficient (Wildman–Crippen LogP) is 4.20. The van der Waals surface area contributed by atoms with Crippen LogP contribution >= 0.6 is 11.3 Å². The SMILES string of the molecule is CC(C)CNC(=O)/C(=C/c1ccc(F)cc1)c1cccs1. The number of benzene rings is 1. The summed E-state index contributed by atoms with van der Waals surface area (Å²) >= 11 is 1.51. The van der Waals surface area contributed by atoms with Gasteiger partial charge in [-0.15, -0.1) is 11.3 Å². The fourth-order valence-corrected chi connectivity index (χ4v) is 2.54. The topological polar surface area (TPSA) is 29.1 Å². The first-order chi connectivity index (χ1) is 10.1. The van der Waals surface area contributed by atoms with Crippen LogP contribution in [0.4, 0.5) is 4.39 Å². The van der Waals surface area contributed by atoms with Gasteiger partial charge in [0.2, 0.25) is 0 Å². The van der Waals surface area contributed by atoms with E-state index in [4.69, 9.17) is 0 Å². The Hall–Kier alpha value is -1.94. The molecule has 1 aromatic carbocycles. The number of rotatable bonds is 5. The molecular weight excluding hydrogens is 285 g/mol. The van der Waals surface area contributed by atoms with E-state index in [1.807, 2.05) is 17.5 Å². The number of hydrogen-bond donors (Lipinski definition) is 1. The Kier molecular flexibility index (Phi) is 5.28. The first-order valence-corrected chi connectivity index (χ1v) is 7.73. The number of halogens is 1. The van der Waals surface area contributed by atoms with E-state index in [-0.39, 0.29) is 11.7 Å². The summed E-state index contributed by atoms with van der Waals surface area (Å²) in [7, 11) is 0. The van der Waals surface area contributed by atoms with Crippen molar-refractivity contribution in [2.45, 2.75) is 13.8 Å². The number of carbonyl (C=O) groups excluding carboxylic acids is 1. The quantitative estimate of drug-likeness (QED) is 0.824. The normalized spacial score (nSPS) is 11.7. The summed E-state index contributed by atoms with van der Waals surface area (Å²) < 4.78 is 13.0. The molecule has 0 aliphatic rings. The lowest BCUT2D eigenvalue weighted by molar-refractivity contribution is -0.115. The molecule has 2 rings (SSSR count). The molecule has 0 fully saturated rings. The Morgan fingerprint density at radius 3 is 2.57 bits per heavy atom. The van der Waals surface area contributed by atoms with Crippen molar-refractivity contribution in [2.24, 2.45) is 5.92 Å². The van der Waals surface area contributed by atoms with Gasteiger partial charge in [-0.2, -0.15) is 0 Å². The van der Waals surface area contributed by atoms with Gasteiger partial charge in [-0.05, 0) is 41.1 Å². The van der Waals surface area contributed by atoms with Gasteiger partial charge in [0.05, 0.1) is 5.57 Å². The molecule has 0 saturated carbocycles. The highest BCUT2D eigenvalue weighted by molar-refractivity contribution is 7.11. The number of thiophene rings is 1. The zero-order valence-corrected chi connectivity index (χ0v) is 12.9. The summed E-state index contributed by atoms with van der Waals surface area (Å²) in [6.45, 7) is 4.73. The third kappa shape index (κ3) is 4.53. The summed E-state index contributed by atoms with van der Waals surface area (Å²) in [5.41, 5.74) is 1.41. The molecule has 0 radical (unpaired) electrons. The molecule has 0 spiro atoms. The molecule has 0 bridgehead atoms. The van der Waals surface area contributed by atoms with Gasteiger partial charge in [-0.25, -0.2) is 4.39 Å². The van der Waals surface area contributed by atoms with E-state index in [1.54, 1.807) is 18.2 Å². The Bertz CT molecular complexity index is 615. The molecule has 2 nitrogen and oxygen atoms in total. The second-order valence-electron chi connectivity index (χ2n) is 5.19. The van der Waals surface area contributed by atoms with Crippen LogP contribution in [0.3, 0.4) is 0 Å². The second kappa shape index (κ2) is 7.18. The maximum atomic E-state index is 13.0. The van der Waals surface area contributed by atoms with Crippen molar-refractivity contribution < 1.29 is 9.18 Å². The van der Waals surface area contributed by atoms with Gasteiger partial charge in [0.25, 0.3) is 5.91 Å². The van der Waals surface area contributed by atoms with Gasteiger partial charge in [-0.1, -0.05) is 32.0 Å². The first kappa shape index (κ1) is 15.4. The van der Waals surface area contributed by atoms with Crippen LogP contribution in [0, 0.1) is 11.7 Å². The molecule has 1 heterocycles. The number of carbonyl (C=O) groups is 1. The highest BCUT2D eigenvalue weighted by Gasteiger charge is 2.13. The standard InChI is InChI=1S/C17H18FNOS/c1-12(2)11-19-17(20)15(16-4-3-9-21-16)10-13-5-7-14(18)8-6-13/h3-10,12H,11H2,1-2H3,(H,19,20)/b15-10+. The van der Waals surface area contributed by atoms with E-state index in [2.05, 4.69) is 19.2 Å². The van der Waals surface area contributed by atoms with Crippen molar-refractivity contribution in [1.82, 2.24) is 5.32 Å². The summed E-state index contributed by atoms with van der Waals surface area (Å²) in [6, 6.07) is 9.94. The van der Waals surface area contributed by atoms with E-state index < -0.39 is 0 Å². The molecule has 2 aromatic rings. The average molecular weight is 303 g/mol. The minimum atomic E-state index is -0.283. The molecule has 1 N–H and O–H groups in total. The van der Waals surface area contributed by atoms with Crippen molar-refractivity contribution in [2.75, 3.05) is 6.54 Å². The maximum Gasteiger partial charge on any atom is 0.252 e. The van der Waals surface area contributed by atoms with Crippen LogP contribution in [0.1, 0.15) is 24.3 Å². The number of amides is 1. The van der Waals surface area contributed by atoms with E-state index >= 15 is 0 Å². The first-order valence-electron chi connectivity index (χ1n) is 6.85. The van der Waals surface area contributed by atoms with Crippen LogP contribution < -0.4 is 5.32 Å². The fraction of sp³-hybridized carbons (Fsp3) is 0.235. The number of hydrogen-bond acceptors (Lipinski definition) is 2. The van der Waals surface area contributed by atoms with Gasteiger partial charge >= 0.3 is 0 Å². The molecule has 0 saturated heterocycles. The van der Waals surface area contributed by atoms with E-state index in [0.717, 1.165) is 10.4 Å². The van der Waals surface area contributed by atoms with Crippen LogP contribution in [0.15, 0.2) is 41.8 Å². The minimum absolute atomic E-state index is 0.101. The summed E-state index contributed by atoms with van der Waals surface area (Å²) in [4.78, 5) is 13.3. The Morgan fingerprint density at radius 1 is 1.29 bits per heavy atom. The molecular formula is C17H18FNOS. The molecule has 1 aromatic heterocycles. The number of nitrogens with one attached hydrogen (secondary N) is 1. The Balaban J connectivity index is 2.28. The molecule has 0 atom stereocenters. The predicted molar refractivity (Wildman–Crippen MR) is 86.4 cm³/mol. The van der Waals surface area contributed by atoms with Crippen LogP contribution in [0.2, 0.25) is 0 Å².